The fraction of sp³-hybridized carbons (Fsp3) is 0.100. The second-order valence-corrected chi connectivity index (χ2v) is 6.19. The number of H-pyrrole nitrogens is 1. The molecule has 1 N–H and O–H groups in total. The van der Waals surface area contributed by atoms with Gasteiger partial charge in [-0.3, -0.25) is 9.89 Å². The molecule has 0 aliphatic rings. The normalized spacial score (nSPS) is 11.5. The van der Waals surface area contributed by atoms with Gasteiger partial charge in [0.1, 0.15) is 5.58 Å². The predicted octanol–water partition coefficient (Wildman–Crippen LogP) is 4.30. The highest BCUT2D eigenvalue weighted by atomic mass is 16.4. The molecule has 0 spiro atoms. The van der Waals surface area contributed by atoms with E-state index in [1.807, 2.05) is 43.3 Å². The first-order valence-corrected chi connectivity index (χ1v) is 8.36. The third kappa shape index (κ3) is 3.10. The van der Waals surface area contributed by atoms with Crippen LogP contribution in [0.25, 0.3) is 16.7 Å². The van der Waals surface area contributed by atoms with Crippen LogP contribution in [0.4, 0.5) is 11.4 Å². The summed E-state index contributed by atoms with van der Waals surface area (Å²) in [6.07, 6.45) is 0. The molecule has 0 fully saturated rings. The lowest BCUT2D eigenvalue weighted by Crippen LogP contribution is -2.13. The van der Waals surface area contributed by atoms with Gasteiger partial charge in [0.15, 0.2) is 5.69 Å². The maximum atomic E-state index is 12.6. The van der Waals surface area contributed by atoms with Gasteiger partial charge in [0.05, 0.1) is 17.1 Å². The van der Waals surface area contributed by atoms with E-state index in [2.05, 4.69) is 15.3 Å². The molecule has 2 aromatic carbocycles. The van der Waals surface area contributed by atoms with Crippen LogP contribution in [-0.4, -0.2) is 9.78 Å². The zero-order valence-electron chi connectivity index (χ0n) is 14.8. The highest BCUT2D eigenvalue weighted by Gasteiger charge is 2.12. The van der Waals surface area contributed by atoms with Crippen LogP contribution in [0.1, 0.15) is 11.3 Å². The van der Waals surface area contributed by atoms with Gasteiger partial charge in [0.25, 0.3) is 5.56 Å². The second kappa shape index (κ2) is 6.53. The van der Waals surface area contributed by atoms with E-state index in [4.69, 9.17) is 4.42 Å². The Morgan fingerprint density at radius 2 is 1.74 bits per heavy atom. The quantitative estimate of drug-likeness (QED) is 0.436. The maximum Gasteiger partial charge on any atom is 0.336 e. The average molecular weight is 360 g/mol. The summed E-state index contributed by atoms with van der Waals surface area (Å²) in [5.74, 6) is 0. The van der Waals surface area contributed by atoms with Crippen LogP contribution >= 0.6 is 0 Å². The van der Waals surface area contributed by atoms with Crippen molar-refractivity contribution in [3.63, 3.8) is 0 Å². The van der Waals surface area contributed by atoms with Crippen LogP contribution in [0, 0.1) is 13.8 Å². The molecule has 4 rings (SSSR count). The minimum Gasteiger partial charge on any atom is -0.423 e. The Kier molecular flexibility index (Phi) is 4.04. The molecular formula is C20H16N4O3. The van der Waals surface area contributed by atoms with Crippen LogP contribution in [-0.2, 0) is 0 Å². The van der Waals surface area contributed by atoms with Gasteiger partial charge in [0.2, 0.25) is 0 Å². The van der Waals surface area contributed by atoms with E-state index < -0.39 is 5.63 Å². The maximum absolute atomic E-state index is 12.6. The minimum atomic E-state index is -0.415. The summed E-state index contributed by atoms with van der Waals surface area (Å²) in [6.45, 7) is 3.60. The largest absolute Gasteiger partial charge is 0.423 e. The van der Waals surface area contributed by atoms with Crippen molar-refractivity contribution in [1.82, 2.24) is 9.78 Å². The van der Waals surface area contributed by atoms with Crippen LogP contribution in [0.5, 0.6) is 0 Å². The van der Waals surface area contributed by atoms with Gasteiger partial charge < -0.3 is 4.42 Å². The van der Waals surface area contributed by atoms with Crippen molar-refractivity contribution in [1.29, 1.82) is 0 Å². The van der Waals surface area contributed by atoms with E-state index in [0.29, 0.717) is 17.0 Å². The summed E-state index contributed by atoms with van der Waals surface area (Å²) in [5.41, 5.74) is 2.60. The summed E-state index contributed by atoms with van der Waals surface area (Å²) in [7, 11) is 0. The molecule has 0 amide bonds. The Bertz CT molecular complexity index is 1280. The number of hydrogen-bond acceptors (Lipinski definition) is 5. The molecule has 7 heteroatoms. The van der Waals surface area contributed by atoms with Crippen molar-refractivity contribution in [2.75, 3.05) is 0 Å². The van der Waals surface area contributed by atoms with E-state index in [1.165, 1.54) is 10.7 Å². The first-order chi connectivity index (χ1) is 13.0. The summed E-state index contributed by atoms with van der Waals surface area (Å²) in [6, 6.07) is 15.9. The average Bonchev–Trinajstić information content (AvgIpc) is 2.94. The van der Waals surface area contributed by atoms with E-state index in [-0.39, 0.29) is 11.2 Å². The number of aromatic amines is 1. The molecule has 27 heavy (non-hydrogen) atoms. The number of azo groups is 1. The fourth-order valence-corrected chi connectivity index (χ4v) is 2.90. The number of benzene rings is 2. The smallest absolute Gasteiger partial charge is 0.336 e. The molecule has 4 aromatic rings. The van der Waals surface area contributed by atoms with Crippen molar-refractivity contribution >= 4 is 22.3 Å². The van der Waals surface area contributed by atoms with Crippen LogP contribution in [0.3, 0.4) is 0 Å². The zero-order chi connectivity index (χ0) is 19.0. The molecule has 0 radical (unpaired) electrons. The molecule has 0 atom stereocenters. The molecule has 0 bridgehead atoms. The SMILES string of the molecule is Cc1[nH]n(-c2ccccc2)c(=O)c1N=Nc1ccc2c(C)cc(=O)oc2c1. The van der Waals surface area contributed by atoms with Crippen molar-refractivity contribution in [2.45, 2.75) is 13.8 Å². The lowest BCUT2D eigenvalue weighted by molar-refractivity contribution is 0.560. The molecule has 0 unspecified atom stereocenters. The van der Waals surface area contributed by atoms with Gasteiger partial charge in [-0.15, -0.1) is 5.11 Å². The highest BCUT2D eigenvalue weighted by Crippen LogP contribution is 2.24. The third-order valence-electron chi connectivity index (χ3n) is 4.26. The Labute approximate surface area is 153 Å². The van der Waals surface area contributed by atoms with Crippen LogP contribution in [0.2, 0.25) is 0 Å². The molecular weight excluding hydrogens is 344 g/mol. The van der Waals surface area contributed by atoms with Crippen molar-refractivity contribution in [3.8, 4) is 5.69 Å². The van der Waals surface area contributed by atoms with Gasteiger partial charge >= 0.3 is 5.63 Å². The van der Waals surface area contributed by atoms with Crippen molar-refractivity contribution in [3.05, 3.63) is 86.6 Å². The number of nitrogens with zero attached hydrogens (tertiary/aromatic N) is 3. The Morgan fingerprint density at radius 3 is 2.52 bits per heavy atom. The fourth-order valence-electron chi connectivity index (χ4n) is 2.90. The number of para-hydroxylation sites is 1. The summed E-state index contributed by atoms with van der Waals surface area (Å²) < 4.78 is 6.64. The molecule has 7 nitrogen and oxygen atoms in total. The molecule has 2 heterocycles. The summed E-state index contributed by atoms with van der Waals surface area (Å²) in [4.78, 5) is 24.2. The lowest BCUT2D eigenvalue weighted by Gasteiger charge is -2.00. The van der Waals surface area contributed by atoms with Gasteiger partial charge in [0, 0.05) is 17.5 Å². The lowest BCUT2D eigenvalue weighted by atomic mass is 10.1. The zero-order valence-corrected chi connectivity index (χ0v) is 14.8. The number of aromatic nitrogens is 2. The number of rotatable bonds is 3. The molecule has 0 aliphatic carbocycles. The van der Waals surface area contributed by atoms with Crippen LogP contribution < -0.4 is 11.2 Å². The van der Waals surface area contributed by atoms with Gasteiger partial charge in [-0.25, -0.2) is 9.48 Å². The predicted molar refractivity (Wildman–Crippen MR) is 103 cm³/mol. The molecule has 134 valence electrons. The van der Waals surface area contributed by atoms with E-state index in [1.54, 1.807) is 19.1 Å². The monoisotopic (exact) mass is 360 g/mol. The Balaban J connectivity index is 1.73. The van der Waals surface area contributed by atoms with E-state index in [9.17, 15) is 9.59 Å². The van der Waals surface area contributed by atoms with Crippen LogP contribution in [0.15, 0.2) is 78.8 Å². The number of nitrogens with one attached hydrogen (secondary N) is 1. The van der Waals surface area contributed by atoms with E-state index >= 15 is 0 Å². The standard InChI is InChI=1S/C20H16N4O3/c1-12-10-18(25)27-17-11-14(8-9-16(12)17)21-22-19-13(2)23-24(20(19)26)15-6-4-3-5-7-15/h3-11,23H,1-2H3. The first kappa shape index (κ1) is 16.7. The molecule has 0 saturated heterocycles. The molecule has 0 aliphatic heterocycles. The summed E-state index contributed by atoms with van der Waals surface area (Å²) >= 11 is 0. The van der Waals surface area contributed by atoms with Crippen molar-refractivity contribution in [2.24, 2.45) is 10.2 Å². The second-order valence-electron chi connectivity index (χ2n) is 6.19. The number of hydrogen-bond donors (Lipinski definition) is 1. The Morgan fingerprint density at radius 1 is 0.963 bits per heavy atom. The number of fused-ring (bicyclic) bond motifs is 1. The molecule has 2 aromatic heterocycles. The third-order valence-corrected chi connectivity index (χ3v) is 4.26. The van der Waals surface area contributed by atoms with Gasteiger partial charge in [-0.2, -0.15) is 5.11 Å². The van der Waals surface area contributed by atoms with Gasteiger partial charge in [-0.05, 0) is 43.7 Å². The summed E-state index contributed by atoms with van der Waals surface area (Å²) in [5, 5.41) is 12.1. The topological polar surface area (TPSA) is 92.7 Å². The number of aryl methyl sites for hydroxylation is 2. The Hall–Kier alpha value is -3.74. The molecule has 0 saturated carbocycles. The minimum absolute atomic E-state index is 0.227. The van der Waals surface area contributed by atoms with Crippen molar-refractivity contribution < 1.29 is 4.42 Å². The first-order valence-electron chi connectivity index (χ1n) is 8.36. The van der Waals surface area contributed by atoms with Gasteiger partial charge in [-0.1, -0.05) is 18.2 Å². The highest BCUT2D eigenvalue weighted by molar-refractivity contribution is 5.82. The van der Waals surface area contributed by atoms with E-state index in [0.717, 1.165) is 16.6 Å².